The topological polar surface area (TPSA) is 75.0 Å². The highest BCUT2D eigenvalue weighted by molar-refractivity contribution is 5.92. The van der Waals surface area contributed by atoms with Crippen LogP contribution in [-0.4, -0.2) is 40.6 Å². The zero-order valence-corrected chi connectivity index (χ0v) is 9.52. The number of nitrogens with two attached hydrogens (primary N) is 1. The SMILES string of the molecule is CN(C(=O)c1ccn[nH]1)C1CCCC1CN. The molecule has 1 aliphatic rings. The van der Waals surface area contributed by atoms with Crippen molar-refractivity contribution in [2.24, 2.45) is 11.7 Å². The summed E-state index contributed by atoms with van der Waals surface area (Å²) in [6.45, 7) is 0.658. The smallest absolute Gasteiger partial charge is 0.271 e. The maximum absolute atomic E-state index is 12.1. The molecule has 0 bridgehead atoms. The van der Waals surface area contributed by atoms with Gasteiger partial charge in [-0.2, -0.15) is 5.10 Å². The molecule has 1 aliphatic carbocycles. The summed E-state index contributed by atoms with van der Waals surface area (Å²) < 4.78 is 0. The van der Waals surface area contributed by atoms with Crippen LogP contribution in [0.1, 0.15) is 29.8 Å². The summed E-state index contributed by atoms with van der Waals surface area (Å²) in [7, 11) is 1.85. The number of H-pyrrole nitrogens is 1. The summed E-state index contributed by atoms with van der Waals surface area (Å²) in [6.07, 6.45) is 4.93. The quantitative estimate of drug-likeness (QED) is 0.786. The Kier molecular flexibility index (Phi) is 3.24. The van der Waals surface area contributed by atoms with Gasteiger partial charge in [-0.15, -0.1) is 0 Å². The molecule has 88 valence electrons. The average Bonchev–Trinajstić information content (AvgIpc) is 2.97. The van der Waals surface area contributed by atoms with Gasteiger partial charge in [-0.25, -0.2) is 0 Å². The van der Waals surface area contributed by atoms with E-state index in [0.717, 1.165) is 19.3 Å². The Labute approximate surface area is 95.0 Å². The minimum Gasteiger partial charge on any atom is -0.337 e. The highest BCUT2D eigenvalue weighted by atomic mass is 16.2. The molecule has 2 atom stereocenters. The van der Waals surface area contributed by atoms with Crippen LogP contribution in [0.5, 0.6) is 0 Å². The van der Waals surface area contributed by atoms with E-state index in [9.17, 15) is 4.79 Å². The third-order valence-corrected chi connectivity index (χ3v) is 3.47. The Morgan fingerprint density at radius 2 is 2.50 bits per heavy atom. The van der Waals surface area contributed by atoms with Gasteiger partial charge in [0.2, 0.25) is 0 Å². The van der Waals surface area contributed by atoms with Crippen molar-refractivity contribution in [3.63, 3.8) is 0 Å². The van der Waals surface area contributed by atoms with E-state index in [1.807, 2.05) is 7.05 Å². The van der Waals surface area contributed by atoms with E-state index in [4.69, 9.17) is 5.73 Å². The minimum atomic E-state index is 0.00264. The molecule has 1 saturated carbocycles. The third-order valence-electron chi connectivity index (χ3n) is 3.47. The first-order valence-electron chi connectivity index (χ1n) is 5.70. The van der Waals surface area contributed by atoms with E-state index < -0.39 is 0 Å². The van der Waals surface area contributed by atoms with Crippen molar-refractivity contribution in [1.82, 2.24) is 15.1 Å². The van der Waals surface area contributed by atoms with E-state index in [-0.39, 0.29) is 11.9 Å². The van der Waals surface area contributed by atoms with Crippen LogP contribution >= 0.6 is 0 Å². The molecule has 3 N–H and O–H groups in total. The number of aromatic amines is 1. The lowest BCUT2D eigenvalue weighted by molar-refractivity contribution is 0.0694. The van der Waals surface area contributed by atoms with Crippen LogP contribution in [0, 0.1) is 5.92 Å². The van der Waals surface area contributed by atoms with E-state index in [0.29, 0.717) is 18.2 Å². The molecule has 1 heterocycles. The molecule has 0 spiro atoms. The zero-order valence-electron chi connectivity index (χ0n) is 9.52. The van der Waals surface area contributed by atoms with Crippen molar-refractivity contribution in [3.05, 3.63) is 18.0 Å². The Balaban J connectivity index is 2.07. The largest absolute Gasteiger partial charge is 0.337 e. The van der Waals surface area contributed by atoms with Crippen LogP contribution in [0.25, 0.3) is 0 Å². The Bertz CT molecular complexity index is 349. The van der Waals surface area contributed by atoms with Crippen LogP contribution in [0.4, 0.5) is 0 Å². The van der Waals surface area contributed by atoms with Gasteiger partial charge in [-0.1, -0.05) is 6.42 Å². The van der Waals surface area contributed by atoms with Gasteiger partial charge in [0.25, 0.3) is 5.91 Å². The van der Waals surface area contributed by atoms with E-state index in [1.54, 1.807) is 17.2 Å². The predicted octanol–water partition coefficient (Wildman–Crippen LogP) is 0.609. The van der Waals surface area contributed by atoms with Crippen molar-refractivity contribution in [2.75, 3.05) is 13.6 Å². The minimum absolute atomic E-state index is 0.00264. The first-order chi connectivity index (χ1) is 7.74. The van der Waals surface area contributed by atoms with Crippen LogP contribution in [-0.2, 0) is 0 Å². The number of nitrogens with one attached hydrogen (secondary N) is 1. The molecule has 16 heavy (non-hydrogen) atoms. The summed E-state index contributed by atoms with van der Waals surface area (Å²) in [4.78, 5) is 13.9. The monoisotopic (exact) mass is 222 g/mol. The molecular formula is C11H18N4O. The molecule has 0 aliphatic heterocycles. The first-order valence-corrected chi connectivity index (χ1v) is 5.70. The number of aromatic nitrogens is 2. The van der Waals surface area contributed by atoms with Gasteiger partial charge in [-0.3, -0.25) is 9.89 Å². The maximum atomic E-state index is 12.1. The predicted molar refractivity (Wildman–Crippen MR) is 60.9 cm³/mol. The standard InChI is InChI=1S/C11H18N4O/c1-15(10-4-2-3-8(10)7-12)11(16)9-5-6-13-14-9/h5-6,8,10H,2-4,7,12H2,1H3,(H,13,14). The maximum Gasteiger partial charge on any atom is 0.271 e. The van der Waals surface area contributed by atoms with Crippen molar-refractivity contribution in [3.8, 4) is 0 Å². The van der Waals surface area contributed by atoms with E-state index in [1.165, 1.54) is 0 Å². The fourth-order valence-electron chi connectivity index (χ4n) is 2.52. The normalized spacial score (nSPS) is 24.6. The molecule has 0 radical (unpaired) electrons. The number of carbonyl (C=O) groups is 1. The molecular weight excluding hydrogens is 204 g/mol. The van der Waals surface area contributed by atoms with Crippen LogP contribution in [0.2, 0.25) is 0 Å². The second-order valence-corrected chi connectivity index (χ2v) is 4.38. The lowest BCUT2D eigenvalue weighted by Gasteiger charge is -2.28. The first kappa shape index (κ1) is 11.1. The molecule has 0 aromatic carbocycles. The number of rotatable bonds is 3. The number of hydrogen-bond acceptors (Lipinski definition) is 3. The zero-order chi connectivity index (χ0) is 11.5. The third kappa shape index (κ3) is 1.95. The average molecular weight is 222 g/mol. The molecule has 1 aromatic heterocycles. The molecule has 5 heteroatoms. The molecule has 2 unspecified atom stereocenters. The summed E-state index contributed by atoms with van der Waals surface area (Å²) in [5.41, 5.74) is 6.27. The number of amides is 1. The van der Waals surface area contributed by atoms with Crippen LogP contribution in [0.15, 0.2) is 12.3 Å². The fraction of sp³-hybridized carbons (Fsp3) is 0.636. The van der Waals surface area contributed by atoms with Gasteiger partial charge in [0.1, 0.15) is 5.69 Å². The Hall–Kier alpha value is -1.36. The Morgan fingerprint density at radius 3 is 3.12 bits per heavy atom. The fourth-order valence-corrected chi connectivity index (χ4v) is 2.52. The van der Waals surface area contributed by atoms with Gasteiger partial charge in [0, 0.05) is 19.3 Å². The van der Waals surface area contributed by atoms with Crippen molar-refractivity contribution < 1.29 is 4.79 Å². The number of carbonyl (C=O) groups excluding carboxylic acids is 1. The summed E-state index contributed by atoms with van der Waals surface area (Å²) in [6, 6.07) is 1.98. The molecule has 1 aromatic rings. The number of hydrogen-bond donors (Lipinski definition) is 2. The number of nitrogens with zero attached hydrogens (tertiary/aromatic N) is 2. The van der Waals surface area contributed by atoms with E-state index >= 15 is 0 Å². The van der Waals surface area contributed by atoms with Crippen LogP contribution < -0.4 is 5.73 Å². The van der Waals surface area contributed by atoms with Gasteiger partial charge < -0.3 is 10.6 Å². The van der Waals surface area contributed by atoms with Gasteiger partial charge in [-0.05, 0) is 31.4 Å². The molecule has 1 fully saturated rings. The highest BCUT2D eigenvalue weighted by Gasteiger charge is 2.32. The molecule has 1 amide bonds. The summed E-state index contributed by atoms with van der Waals surface area (Å²) in [5.74, 6) is 0.444. The molecule has 0 saturated heterocycles. The molecule has 2 rings (SSSR count). The highest BCUT2D eigenvalue weighted by Crippen LogP contribution is 2.29. The lowest BCUT2D eigenvalue weighted by Crippen LogP contribution is -2.41. The van der Waals surface area contributed by atoms with Crippen molar-refractivity contribution in [2.45, 2.75) is 25.3 Å². The van der Waals surface area contributed by atoms with Crippen molar-refractivity contribution in [1.29, 1.82) is 0 Å². The van der Waals surface area contributed by atoms with Gasteiger partial charge in [0.05, 0.1) is 0 Å². The summed E-state index contributed by atoms with van der Waals surface area (Å²) in [5, 5.41) is 6.50. The van der Waals surface area contributed by atoms with Crippen molar-refractivity contribution >= 4 is 5.91 Å². The van der Waals surface area contributed by atoms with Crippen LogP contribution in [0.3, 0.4) is 0 Å². The van der Waals surface area contributed by atoms with Gasteiger partial charge >= 0.3 is 0 Å². The Morgan fingerprint density at radius 1 is 1.69 bits per heavy atom. The second kappa shape index (κ2) is 4.65. The van der Waals surface area contributed by atoms with E-state index in [2.05, 4.69) is 10.2 Å². The second-order valence-electron chi connectivity index (χ2n) is 4.38. The summed E-state index contributed by atoms with van der Waals surface area (Å²) >= 11 is 0. The van der Waals surface area contributed by atoms with Gasteiger partial charge in [0.15, 0.2) is 0 Å². The lowest BCUT2D eigenvalue weighted by atomic mass is 10.0. The molecule has 5 nitrogen and oxygen atoms in total.